The molecule has 4 aliphatic heterocycles. The van der Waals surface area contributed by atoms with E-state index >= 15 is 0 Å². The third-order valence-corrected chi connectivity index (χ3v) is 6.53. The molecule has 1 aromatic carbocycles. The summed E-state index contributed by atoms with van der Waals surface area (Å²) < 4.78 is 18.5. The molecule has 0 unspecified atom stereocenters. The molecule has 6 rings (SSSR count). The molecule has 0 saturated carbocycles. The predicted octanol–water partition coefficient (Wildman–Crippen LogP) is 2.82. The highest BCUT2D eigenvalue weighted by Crippen LogP contribution is 2.47. The van der Waals surface area contributed by atoms with Crippen molar-refractivity contribution < 1.29 is 13.7 Å². The molecule has 0 aliphatic carbocycles. The van der Waals surface area contributed by atoms with E-state index in [1.54, 1.807) is 6.92 Å². The lowest BCUT2D eigenvalue weighted by molar-refractivity contribution is -0.00345. The highest BCUT2D eigenvalue weighted by atomic mass is 19.1. The van der Waals surface area contributed by atoms with Crippen LogP contribution >= 0.6 is 0 Å². The van der Waals surface area contributed by atoms with Crippen LogP contribution in [0.25, 0.3) is 0 Å². The Bertz CT molecular complexity index is 826. The van der Waals surface area contributed by atoms with E-state index in [1.807, 2.05) is 17.0 Å². The molecule has 1 aromatic heterocycles. The van der Waals surface area contributed by atoms with E-state index in [4.69, 9.17) is 4.52 Å². The quantitative estimate of drug-likeness (QED) is 0.831. The summed E-state index contributed by atoms with van der Waals surface area (Å²) in [6.45, 7) is 4.63. The van der Waals surface area contributed by atoms with Crippen molar-refractivity contribution in [2.45, 2.75) is 37.8 Å². The van der Waals surface area contributed by atoms with Crippen LogP contribution in [-0.4, -0.2) is 52.6 Å². The molecule has 3 atom stereocenters. The van der Waals surface area contributed by atoms with Crippen LogP contribution in [0.2, 0.25) is 0 Å². The molecule has 4 saturated heterocycles. The minimum Gasteiger partial charge on any atom is -0.361 e. The first-order chi connectivity index (χ1) is 12.6. The summed E-state index contributed by atoms with van der Waals surface area (Å²) in [6, 6.07) is 7.33. The topological polar surface area (TPSA) is 49.6 Å². The maximum absolute atomic E-state index is 13.4. The standard InChI is InChI=1S/C20H22FN3O2/c1-12-16(10-22-26-12)20(25)24-11-17(13-2-4-15(21)5-3-13)19-18(24)14-6-8-23(19)9-7-14/h2-5,10,14,17-19H,6-9,11H2,1H3/t17-,18+,19+/m1/s1. The number of fused-ring (bicyclic) bond motifs is 2. The number of carbonyl (C=O) groups excluding carboxylic acids is 1. The van der Waals surface area contributed by atoms with Crippen LogP contribution in [0.15, 0.2) is 35.0 Å². The Morgan fingerprint density at radius 2 is 1.92 bits per heavy atom. The van der Waals surface area contributed by atoms with E-state index in [-0.39, 0.29) is 23.7 Å². The Hall–Kier alpha value is -2.21. The van der Waals surface area contributed by atoms with Crippen LogP contribution in [0.4, 0.5) is 4.39 Å². The number of amides is 1. The largest absolute Gasteiger partial charge is 0.361 e. The van der Waals surface area contributed by atoms with Gasteiger partial charge in [0, 0.05) is 18.5 Å². The monoisotopic (exact) mass is 355 g/mol. The second kappa shape index (κ2) is 5.91. The number of hydrogen-bond acceptors (Lipinski definition) is 4. The second-order valence-corrected chi connectivity index (χ2v) is 7.77. The number of nitrogens with zero attached hydrogens (tertiary/aromatic N) is 3. The van der Waals surface area contributed by atoms with Gasteiger partial charge in [-0.15, -0.1) is 0 Å². The first kappa shape index (κ1) is 16.0. The molecule has 6 heteroatoms. The zero-order valence-corrected chi connectivity index (χ0v) is 14.8. The van der Waals surface area contributed by atoms with E-state index in [0.29, 0.717) is 29.8 Å². The third-order valence-electron chi connectivity index (χ3n) is 6.53. The maximum atomic E-state index is 13.4. The summed E-state index contributed by atoms with van der Waals surface area (Å²) in [6.07, 6.45) is 3.81. The molecule has 5 heterocycles. The number of likely N-dealkylation sites (tertiary alicyclic amines) is 1. The van der Waals surface area contributed by atoms with Gasteiger partial charge in [-0.05, 0) is 56.5 Å². The van der Waals surface area contributed by atoms with Crippen molar-refractivity contribution in [1.82, 2.24) is 15.0 Å². The van der Waals surface area contributed by atoms with Gasteiger partial charge in [0.15, 0.2) is 0 Å². The summed E-state index contributed by atoms with van der Waals surface area (Å²) in [5.74, 6) is 1.12. The lowest BCUT2D eigenvalue weighted by Crippen LogP contribution is -2.60. The number of carbonyl (C=O) groups is 1. The Morgan fingerprint density at radius 3 is 2.58 bits per heavy atom. The number of aromatic nitrogens is 1. The van der Waals surface area contributed by atoms with Crippen molar-refractivity contribution in [3.8, 4) is 0 Å². The molecule has 136 valence electrons. The van der Waals surface area contributed by atoms with Crippen LogP contribution < -0.4 is 0 Å². The molecule has 5 nitrogen and oxygen atoms in total. The summed E-state index contributed by atoms with van der Waals surface area (Å²) >= 11 is 0. The number of halogens is 1. The van der Waals surface area contributed by atoms with E-state index in [9.17, 15) is 9.18 Å². The van der Waals surface area contributed by atoms with Gasteiger partial charge < -0.3 is 9.42 Å². The number of rotatable bonds is 2. The van der Waals surface area contributed by atoms with Gasteiger partial charge in [0.2, 0.25) is 0 Å². The van der Waals surface area contributed by atoms with E-state index < -0.39 is 0 Å². The molecule has 2 aromatic rings. The molecular formula is C20H22FN3O2. The van der Waals surface area contributed by atoms with E-state index in [2.05, 4.69) is 10.1 Å². The Balaban J connectivity index is 1.53. The van der Waals surface area contributed by atoms with Crippen LogP contribution in [-0.2, 0) is 0 Å². The first-order valence-corrected chi connectivity index (χ1v) is 9.35. The number of aryl methyl sites for hydroxylation is 1. The molecule has 1 amide bonds. The number of hydrogen-bond donors (Lipinski definition) is 0. The van der Waals surface area contributed by atoms with Gasteiger partial charge in [0.25, 0.3) is 5.91 Å². The maximum Gasteiger partial charge on any atom is 0.259 e. The van der Waals surface area contributed by atoms with Gasteiger partial charge in [0.1, 0.15) is 17.1 Å². The van der Waals surface area contributed by atoms with Gasteiger partial charge >= 0.3 is 0 Å². The van der Waals surface area contributed by atoms with Crippen molar-refractivity contribution >= 4 is 5.91 Å². The molecule has 2 bridgehead atoms. The summed E-state index contributed by atoms with van der Waals surface area (Å²) in [5, 5.41) is 3.78. The van der Waals surface area contributed by atoms with E-state index in [0.717, 1.165) is 31.5 Å². The fourth-order valence-electron chi connectivity index (χ4n) is 5.32. The highest BCUT2D eigenvalue weighted by molar-refractivity contribution is 5.95. The van der Waals surface area contributed by atoms with Gasteiger partial charge in [-0.1, -0.05) is 17.3 Å². The highest BCUT2D eigenvalue weighted by Gasteiger charge is 2.54. The molecule has 26 heavy (non-hydrogen) atoms. The smallest absolute Gasteiger partial charge is 0.259 e. The Labute approximate surface area is 151 Å². The third kappa shape index (κ3) is 2.31. The Kier molecular flexibility index (Phi) is 3.64. The minimum atomic E-state index is -0.221. The number of benzene rings is 1. The van der Waals surface area contributed by atoms with E-state index in [1.165, 1.54) is 18.3 Å². The van der Waals surface area contributed by atoms with Crippen molar-refractivity contribution in [3.63, 3.8) is 0 Å². The fraction of sp³-hybridized carbons (Fsp3) is 0.500. The first-order valence-electron chi connectivity index (χ1n) is 9.35. The van der Waals surface area contributed by atoms with Crippen molar-refractivity contribution in [2.75, 3.05) is 19.6 Å². The molecule has 0 radical (unpaired) electrons. The van der Waals surface area contributed by atoms with Crippen molar-refractivity contribution in [2.24, 2.45) is 5.92 Å². The molecule has 0 N–H and O–H groups in total. The second-order valence-electron chi connectivity index (χ2n) is 7.77. The molecular weight excluding hydrogens is 333 g/mol. The molecule has 4 fully saturated rings. The van der Waals surface area contributed by atoms with Gasteiger partial charge in [-0.3, -0.25) is 9.69 Å². The lowest BCUT2D eigenvalue weighted by atomic mass is 9.75. The number of piperidine rings is 3. The van der Waals surface area contributed by atoms with Crippen LogP contribution in [0.3, 0.4) is 0 Å². The van der Waals surface area contributed by atoms with Gasteiger partial charge in [0.05, 0.1) is 12.2 Å². The summed E-state index contributed by atoms with van der Waals surface area (Å²) in [7, 11) is 0. The average Bonchev–Trinajstić information content (AvgIpc) is 3.28. The zero-order chi connectivity index (χ0) is 17.8. The predicted molar refractivity (Wildman–Crippen MR) is 93.3 cm³/mol. The SMILES string of the molecule is Cc1oncc1C(=O)N1C[C@H](c2ccc(F)cc2)[C@H]2[C@@H]1C1CCN2CC1. The van der Waals surface area contributed by atoms with Gasteiger partial charge in [-0.2, -0.15) is 0 Å². The fourth-order valence-corrected chi connectivity index (χ4v) is 5.32. The van der Waals surface area contributed by atoms with Crippen LogP contribution in [0.1, 0.15) is 40.4 Å². The summed E-state index contributed by atoms with van der Waals surface area (Å²) in [5.41, 5.74) is 1.67. The molecule has 0 spiro atoms. The van der Waals surface area contributed by atoms with Crippen molar-refractivity contribution in [3.05, 3.63) is 53.2 Å². The minimum absolute atomic E-state index is 0.0112. The zero-order valence-electron chi connectivity index (χ0n) is 14.8. The van der Waals surface area contributed by atoms with Crippen molar-refractivity contribution in [1.29, 1.82) is 0 Å². The van der Waals surface area contributed by atoms with Crippen LogP contribution in [0, 0.1) is 18.7 Å². The average molecular weight is 355 g/mol. The normalized spacial score (nSPS) is 32.7. The van der Waals surface area contributed by atoms with Crippen LogP contribution in [0.5, 0.6) is 0 Å². The Morgan fingerprint density at radius 1 is 1.19 bits per heavy atom. The lowest BCUT2D eigenvalue weighted by Gasteiger charge is -2.51. The summed E-state index contributed by atoms with van der Waals surface area (Å²) in [4.78, 5) is 17.8. The van der Waals surface area contributed by atoms with Gasteiger partial charge in [-0.25, -0.2) is 4.39 Å². The molecule has 4 aliphatic rings.